The largest absolute Gasteiger partial charge is 0.325 e. The van der Waals surface area contributed by atoms with Gasteiger partial charge in [0.25, 0.3) is 0 Å². The van der Waals surface area contributed by atoms with Gasteiger partial charge in [0.2, 0.25) is 5.91 Å². The van der Waals surface area contributed by atoms with Gasteiger partial charge in [0.05, 0.1) is 0 Å². The molecule has 0 aliphatic carbocycles. The summed E-state index contributed by atoms with van der Waals surface area (Å²) in [5.41, 5.74) is 1.07. The molecule has 7 heteroatoms. The lowest BCUT2D eigenvalue weighted by Gasteiger charge is -2.22. The molecule has 0 unspecified atom stereocenters. The van der Waals surface area contributed by atoms with Crippen LogP contribution >= 0.6 is 12.4 Å². The number of carbonyl (C=O) groups is 1. The Morgan fingerprint density at radius 3 is 2.28 bits per heavy atom. The molecule has 0 radical (unpaired) electrons. The summed E-state index contributed by atoms with van der Waals surface area (Å²) in [6.45, 7) is 1.57. The molecule has 0 atom stereocenters. The normalized spacial score (nSPS) is 14.7. The summed E-state index contributed by atoms with van der Waals surface area (Å²) in [5, 5.41) is 6.02. The van der Waals surface area contributed by atoms with Crippen molar-refractivity contribution in [3.8, 4) is 11.1 Å². The van der Waals surface area contributed by atoms with Crippen molar-refractivity contribution in [3.63, 3.8) is 0 Å². The zero-order chi connectivity index (χ0) is 17.1. The van der Waals surface area contributed by atoms with Crippen LogP contribution in [-0.4, -0.2) is 19.0 Å². The van der Waals surface area contributed by atoms with Gasteiger partial charge in [-0.25, -0.2) is 13.2 Å². The molecule has 1 aliphatic heterocycles. The van der Waals surface area contributed by atoms with Crippen molar-refractivity contribution in [3.05, 3.63) is 53.8 Å². The molecule has 1 aliphatic rings. The van der Waals surface area contributed by atoms with Crippen molar-refractivity contribution in [2.24, 2.45) is 5.92 Å². The molecule has 134 valence electrons. The Bertz CT molecular complexity index is 741. The maximum absolute atomic E-state index is 13.5. The quantitative estimate of drug-likeness (QED) is 0.798. The number of benzene rings is 2. The highest BCUT2D eigenvalue weighted by molar-refractivity contribution is 5.96. The monoisotopic (exact) mass is 370 g/mol. The van der Waals surface area contributed by atoms with E-state index in [2.05, 4.69) is 10.6 Å². The number of nitrogens with one attached hydrogen (secondary N) is 2. The number of hydrogen-bond donors (Lipinski definition) is 2. The Labute approximate surface area is 150 Å². The third-order valence-corrected chi connectivity index (χ3v) is 4.19. The standard InChI is InChI=1S/C18H17F3N2O.ClH/c19-14-9-12(10-15(20)17(14)21)13-3-1-2-4-16(13)23-18(24)11-5-7-22-8-6-11;/h1-4,9-11,22H,5-8H2,(H,23,24);1H. The SMILES string of the molecule is Cl.O=C(Nc1ccccc1-c1cc(F)c(F)c(F)c1)C1CCNCC1. The predicted molar refractivity (Wildman–Crippen MR) is 93.2 cm³/mol. The lowest BCUT2D eigenvalue weighted by molar-refractivity contribution is -0.120. The van der Waals surface area contributed by atoms with E-state index >= 15 is 0 Å². The molecular weight excluding hydrogens is 353 g/mol. The van der Waals surface area contributed by atoms with Crippen molar-refractivity contribution >= 4 is 24.0 Å². The van der Waals surface area contributed by atoms with Crippen LogP contribution in [0.1, 0.15) is 12.8 Å². The van der Waals surface area contributed by atoms with Gasteiger partial charge in [0, 0.05) is 17.2 Å². The summed E-state index contributed by atoms with van der Waals surface area (Å²) < 4.78 is 40.2. The van der Waals surface area contributed by atoms with Gasteiger partial charge in [-0.15, -0.1) is 12.4 Å². The van der Waals surface area contributed by atoms with E-state index in [9.17, 15) is 18.0 Å². The van der Waals surface area contributed by atoms with E-state index in [1.54, 1.807) is 24.3 Å². The number of amides is 1. The molecular formula is C18H18ClF3N2O. The van der Waals surface area contributed by atoms with E-state index in [0.717, 1.165) is 38.1 Å². The molecule has 3 nitrogen and oxygen atoms in total. The first-order valence-corrected chi connectivity index (χ1v) is 7.82. The fraction of sp³-hybridized carbons (Fsp3) is 0.278. The summed E-state index contributed by atoms with van der Waals surface area (Å²) in [6, 6.07) is 8.55. The van der Waals surface area contributed by atoms with Crippen LogP contribution in [-0.2, 0) is 4.79 Å². The molecule has 2 aromatic carbocycles. The highest BCUT2D eigenvalue weighted by Gasteiger charge is 2.22. The summed E-state index contributed by atoms with van der Waals surface area (Å²) in [6.07, 6.45) is 1.49. The average Bonchev–Trinajstić information content (AvgIpc) is 2.60. The number of piperidine rings is 1. The van der Waals surface area contributed by atoms with Gasteiger partial charge in [-0.2, -0.15) is 0 Å². The van der Waals surface area contributed by atoms with Gasteiger partial charge in [-0.3, -0.25) is 4.79 Å². The van der Waals surface area contributed by atoms with E-state index in [4.69, 9.17) is 0 Å². The van der Waals surface area contributed by atoms with Gasteiger partial charge >= 0.3 is 0 Å². The molecule has 0 spiro atoms. The van der Waals surface area contributed by atoms with Crippen LogP contribution in [0.25, 0.3) is 11.1 Å². The van der Waals surface area contributed by atoms with E-state index in [1.807, 2.05) is 0 Å². The van der Waals surface area contributed by atoms with Crippen molar-refractivity contribution < 1.29 is 18.0 Å². The van der Waals surface area contributed by atoms with Gasteiger partial charge in [-0.1, -0.05) is 18.2 Å². The van der Waals surface area contributed by atoms with Crippen molar-refractivity contribution in [1.82, 2.24) is 5.32 Å². The van der Waals surface area contributed by atoms with Crippen LogP contribution in [0.3, 0.4) is 0 Å². The van der Waals surface area contributed by atoms with Crippen LogP contribution in [0, 0.1) is 23.4 Å². The van der Waals surface area contributed by atoms with E-state index in [0.29, 0.717) is 11.3 Å². The molecule has 1 heterocycles. The highest BCUT2D eigenvalue weighted by atomic mass is 35.5. The van der Waals surface area contributed by atoms with Gasteiger partial charge in [-0.05, 0) is 49.7 Å². The van der Waals surface area contributed by atoms with Crippen LogP contribution in [0.4, 0.5) is 18.9 Å². The van der Waals surface area contributed by atoms with E-state index in [-0.39, 0.29) is 29.8 Å². The Balaban J connectivity index is 0.00000225. The molecule has 2 N–H and O–H groups in total. The van der Waals surface area contributed by atoms with Gasteiger partial charge in [0.1, 0.15) is 0 Å². The van der Waals surface area contributed by atoms with Crippen LogP contribution < -0.4 is 10.6 Å². The molecule has 2 aromatic rings. The molecule has 1 saturated heterocycles. The van der Waals surface area contributed by atoms with E-state index in [1.165, 1.54) is 0 Å². The van der Waals surface area contributed by atoms with Crippen LogP contribution in [0.2, 0.25) is 0 Å². The molecule has 0 saturated carbocycles. The predicted octanol–water partition coefficient (Wildman–Crippen LogP) is 4.13. The number of para-hydroxylation sites is 1. The number of carbonyl (C=O) groups excluding carboxylic acids is 1. The zero-order valence-electron chi connectivity index (χ0n) is 13.3. The Morgan fingerprint density at radius 2 is 1.64 bits per heavy atom. The minimum atomic E-state index is -1.50. The molecule has 1 amide bonds. The average molecular weight is 371 g/mol. The third-order valence-electron chi connectivity index (χ3n) is 4.19. The van der Waals surface area contributed by atoms with Crippen molar-refractivity contribution in [2.75, 3.05) is 18.4 Å². The summed E-state index contributed by atoms with van der Waals surface area (Å²) in [4.78, 5) is 12.4. The Kier molecular flexibility index (Phi) is 6.45. The Hall–Kier alpha value is -2.05. The fourth-order valence-corrected chi connectivity index (χ4v) is 2.87. The minimum absolute atomic E-state index is 0. The summed E-state index contributed by atoms with van der Waals surface area (Å²) in [7, 11) is 0. The minimum Gasteiger partial charge on any atom is -0.325 e. The maximum Gasteiger partial charge on any atom is 0.227 e. The van der Waals surface area contributed by atoms with E-state index < -0.39 is 17.5 Å². The van der Waals surface area contributed by atoms with Gasteiger partial charge in [0.15, 0.2) is 17.5 Å². The van der Waals surface area contributed by atoms with Crippen molar-refractivity contribution in [1.29, 1.82) is 0 Å². The number of halogens is 4. The molecule has 1 fully saturated rings. The fourth-order valence-electron chi connectivity index (χ4n) is 2.87. The van der Waals surface area contributed by atoms with Crippen molar-refractivity contribution in [2.45, 2.75) is 12.8 Å². The second-order valence-electron chi connectivity index (χ2n) is 5.81. The third kappa shape index (κ3) is 4.32. The summed E-state index contributed by atoms with van der Waals surface area (Å²) in [5.74, 6) is -4.24. The van der Waals surface area contributed by atoms with Crippen LogP contribution in [0.15, 0.2) is 36.4 Å². The Morgan fingerprint density at radius 1 is 1.04 bits per heavy atom. The first-order valence-electron chi connectivity index (χ1n) is 7.82. The molecule has 0 bridgehead atoms. The first-order chi connectivity index (χ1) is 11.6. The maximum atomic E-state index is 13.5. The first kappa shape index (κ1) is 19.3. The van der Waals surface area contributed by atoms with Crippen LogP contribution in [0.5, 0.6) is 0 Å². The zero-order valence-corrected chi connectivity index (χ0v) is 14.1. The number of rotatable bonds is 3. The number of hydrogen-bond acceptors (Lipinski definition) is 2. The second-order valence-corrected chi connectivity index (χ2v) is 5.81. The topological polar surface area (TPSA) is 41.1 Å². The lowest BCUT2D eigenvalue weighted by Crippen LogP contribution is -2.34. The van der Waals surface area contributed by atoms with Gasteiger partial charge < -0.3 is 10.6 Å². The molecule has 0 aromatic heterocycles. The summed E-state index contributed by atoms with van der Waals surface area (Å²) >= 11 is 0. The highest BCUT2D eigenvalue weighted by Crippen LogP contribution is 2.30. The lowest BCUT2D eigenvalue weighted by atomic mass is 9.96. The number of anilines is 1. The molecule has 25 heavy (non-hydrogen) atoms. The second kappa shape index (κ2) is 8.36. The molecule has 3 rings (SSSR count). The smallest absolute Gasteiger partial charge is 0.227 e.